The molecule has 0 atom stereocenters. The quantitative estimate of drug-likeness (QED) is 0.617. The van der Waals surface area contributed by atoms with E-state index in [0.29, 0.717) is 0 Å². The van der Waals surface area contributed by atoms with Crippen LogP contribution in [0.4, 0.5) is 0 Å². The average molecular weight is 260 g/mol. The van der Waals surface area contributed by atoms with E-state index in [1.165, 1.54) is 22.4 Å². The zero-order valence-electron chi connectivity index (χ0n) is 11.7. The van der Waals surface area contributed by atoms with Gasteiger partial charge in [-0.15, -0.1) is 0 Å². The van der Waals surface area contributed by atoms with Crippen LogP contribution in [-0.4, -0.2) is 0 Å². The molecule has 0 unspecified atom stereocenters. The van der Waals surface area contributed by atoms with E-state index in [1.807, 2.05) is 0 Å². The molecule has 0 amide bonds. The van der Waals surface area contributed by atoms with Crippen LogP contribution in [0.5, 0.6) is 0 Å². The number of aryl methyl sites for hydroxylation is 1. The Morgan fingerprint density at radius 1 is 0.700 bits per heavy atom. The van der Waals surface area contributed by atoms with Crippen LogP contribution in [0.1, 0.15) is 6.92 Å². The van der Waals surface area contributed by atoms with E-state index in [4.69, 9.17) is 0 Å². The fraction of sp³-hybridized carbons (Fsp3) is 0.105. The summed E-state index contributed by atoms with van der Waals surface area (Å²) >= 11 is 0. The fourth-order valence-corrected chi connectivity index (χ4v) is 2.47. The molecule has 3 rings (SSSR count). The molecular formula is C19H18N+. The van der Waals surface area contributed by atoms with Crippen LogP contribution in [0.15, 0.2) is 79.0 Å². The van der Waals surface area contributed by atoms with Crippen LogP contribution in [0, 0.1) is 0 Å². The first-order chi connectivity index (χ1) is 9.88. The van der Waals surface area contributed by atoms with Crippen LogP contribution in [0.2, 0.25) is 0 Å². The molecule has 98 valence electrons. The molecule has 20 heavy (non-hydrogen) atoms. The molecule has 0 aliphatic carbocycles. The maximum absolute atomic E-state index is 2.28. The summed E-state index contributed by atoms with van der Waals surface area (Å²) < 4.78 is 2.28. The smallest absolute Gasteiger partial charge is 0.199 e. The van der Waals surface area contributed by atoms with E-state index in [2.05, 4.69) is 90.5 Å². The van der Waals surface area contributed by atoms with Gasteiger partial charge in [0.25, 0.3) is 0 Å². The molecule has 1 heteroatoms. The Morgan fingerprint density at radius 2 is 1.30 bits per heavy atom. The van der Waals surface area contributed by atoms with Gasteiger partial charge in [-0.25, -0.2) is 0 Å². The standard InChI is InChI=1S/C19H18N/c1-2-20-14-13-18(16-9-5-3-6-10-16)15-19(20)17-11-7-4-8-12-17/h3-15H,2H2,1H3/q+1. The molecule has 0 saturated carbocycles. The Labute approximate surface area is 120 Å². The van der Waals surface area contributed by atoms with E-state index in [0.717, 1.165) is 6.54 Å². The van der Waals surface area contributed by atoms with Crippen molar-refractivity contribution in [2.24, 2.45) is 0 Å². The van der Waals surface area contributed by atoms with Crippen LogP contribution in [-0.2, 0) is 6.54 Å². The van der Waals surface area contributed by atoms with Crippen molar-refractivity contribution in [1.29, 1.82) is 0 Å². The van der Waals surface area contributed by atoms with E-state index >= 15 is 0 Å². The highest BCUT2D eigenvalue weighted by Gasteiger charge is 2.12. The fourth-order valence-electron chi connectivity index (χ4n) is 2.47. The second-order valence-corrected chi connectivity index (χ2v) is 4.82. The minimum atomic E-state index is 0.972. The van der Waals surface area contributed by atoms with Crippen molar-refractivity contribution >= 4 is 0 Å². The molecular weight excluding hydrogens is 242 g/mol. The zero-order valence-corrected chi connectivity index (χ0v) is 11.7. The van der Waals surface area contributed by atoms with Crippen molar-refractivity contribution in [3.8, 4) is 22.4 Å². The molecule has 1 nitrogen and oxygen atoms in total. The second-order valence-electron chi connectivity index (χ2n) is 4.82. The molecule has 1 heterocycles. The number of hydrogen-bond donors (Lipinski definition) is 0. The van der Waals surface area contributed by atoms with Crippen LogP contribution in [0.3, 0.4) is 0 Å². The molecule has 2 aromatic carbocycles. The minimum absolute atomic E-state index is 0.972. The molecule has 0 radical (unpaired) electrons. The lowest BCUT2D eigenvalue weighted by Gasteiger charge is -2.06. The molecule has 0 bridgehead atoms. The lowest BCUT2D eigenvalue weighted by Crippen LogP contribution is -2.34. The number of pyridine rings is 1. The molecule has 0 fully saturated rings. The monoisotopic (exact) mass is 260 g/mol. The lowest BCUT2D eigenvalue weighted by atomic mass is 10.0. The largest absolute Gasteiger partial charge is 0.213 e. The Balaban J connectivity index is 2.13. The van der Waals surface area contributed by atoms with E-state index in [-0.39, 0.29) is 0 Å². The highest BCUT2D eigenvalue weighted by atomic mass is 14.9. The highest BCUT2D eigenvalue weighted by Crippen LogP contribution is 2.23. The van der Waals surface area contributed by atoms with Gasteiger partial charge in [-0.05, 0) is 30.2 Å². The minimum Gasteiger partial charge on any atom is -0.199 e. The maximum Gasteiger partial charge on any atom is 0.213 e. The number of hydrogen-bond acceptors (Lipinski definition) is 0. The van der Waals surface area contributed by atoms with Gasteiger partial charge in [0.15, 0.2) is 6.20 Å². The number of benzene rings is 2. The van der Waals surface area contributed by atoms with Crippen molar-refractivity contribution in [3.63, 3.8) is 0 Å². The molecule has 0 aliphatic rings. The summed E-state index contributed by atoms with van der Waals surface area (Å²) in [6.07, 6.45) is 2.17. The molecule has 0 N–H and O–H groups in total. The summed E-state index contributed by atoms with van der Waals surface area (Å²) in [5.74, 6) is 0. The molecule has 3 aromatic rings. The molecule has 1 aromatic heterocycles. The van der Waals surface area contributed by atoms with Gasteiger partial charge in [0.05, 0.1) is 0 Å². The SMILES string of the molecule is CC[n+]1ccc(-c2ccccc2)cc1-c1ccccc1. The van der Waals surface area contributed by atoms with Crippen molar-refractivity contribution in [2.45, 2.75) is 13.5 Å². The summed E-state index contributed by atoms with van der Waals surface area (Å²) in [4.78, 5) is 0. The third-order valence-corrected chi connectivity index (χ3v) is 3.55. The van der Waals surface area contributed by atoms with Gasteiger partial charge in [0, 0.05) is 17.7 Å². The highest BCUT2D eigenvalue weighted by molar-refractivity contribution is 5.68. The van der Waals surface area contributed by atoms with Gasteiger partial charge in [-0.1, -0.05) is 48.5 Å². The van der Waals surface area contributed by atoms with Gasteiger partial charge < -0.3 is 0 Å². The van der Waals surface area contributed by atoms with Crippen molar-refractivity contribution in [3.05, 3.63) is 79.0 Å². The van der Waals surface area contributed by atoms with E-state index in [9.17, 15) is 0 Å². The summed E-state index contributed by atoms with van der Waals surface area (Å²) in [5.41, 5.74) is 5.03. The predicted octanol–water partition coefficient (Wildman–Crippen LogP) is 4.33. The summed E-state index contributed by atoms with van der Waals surface area (Å²) in [6, 6.07) is 25.5. The van der Waals surface area contributed by atoms with Gasteiger partial charge >= 0.3 is 0 Å². The third-order valence-electron chi connectivity index (χ3n) is 3.55. The first kappa shape index (κ1) is 12.6. The van der Waals surface area contributed by atoms with Gasteiger partial charge in [0.1, 0.15) is 6.54 Å². The maximum atomic E-state index is 2.28. The van der Waals surface area contributed by atoms with E-state index < -0.39 is 0 Å². The summed E-state index contributed by atoms with van der Waals surface area (Å²) in [6.45, 7) is 3.15. The van der Waals surface area contributed by atoms with Crippen molar-refractivity contribution < 1.29 is 4.57 Å². The molecule has 0 aliphatic heterocycles. The van der Waals surface area contributed by atoms with Crippen molar-refractivity contribution in [1.82, 2.24) is 0 Å². The number of nitrogens with zero attached hydrogens (tertiary/aromatic N) is 1. The normalized spacial score (nSPS) is 10.4. The van der Waals surface area contributed by atoms with E-state index in [1.54, 1.807) is 0 Å². The topological polar surface area (TPSA) is 3.88 Å². The first-order valence-electron chi connectivity index (χ1n) is 7.03. The average Bonchev–Trinajstić information content (AvgIpc) is 2.56. The molecule has 0 spiro atoms. The van der Waals surface area contributed by atoms with Crippen molar-refractivity contribution in [2.75, 3.05) is 0 Å². The molecule has 0 saturated heterocycles. The summed E-state index contributed by atoms with van der Waals surface area (Å²) in [7, 11) is 0. The second kappa shape index (κ2) is 5.70. The van der Waals surface area contributed by atoms with Gasteiger partial charge in [0.2, 0.25) is 5.69 Å². The third kappa shape index (κ3) is 2.48. The van der Waals surface area contributed by atoms with Gasteiger partial charge in [-0.2, -0.15) is 4.57 Å². The Kier molecular flexibility index (Phi) is 3.60. The Hall–Kier alpha value is -2.41. The number of aromatic nitrogens is 1. The first-order valence-corrected chi connectivity index (χ1v) is 7.03. The Bertz CT molecular complexity index is 687. The summed E-state index contributed by atoms with van der Waals surface area (Å²) in [5, 5.41) is 0. The zero-order chi connectivity index (χ0) is 13.8. The Morgan fingerprint density at radius 3 is 1.90 bits per heavy atom. The van der Waals surface area contributed by atoms with Crippen LogP contribution >= 0.6 is 0 Å². The lowest BCUT2D eigenvalue weighted by molar-refractivity contribution is -0.682. The van der Waals surface area contributed by atoms with Gasteiger partial charge in [-0.3, -0.25) is 0 Å². The predicted molar refractivity (Wildman–Crippen MR) is 83.2 cm³/mol. The number of rotatable bonds is 3. The van der Waals surface area contributed by atoms with Crippen LogP contribution in [0.25, 0.3) is 22.4 Å². The van der Waals surface area contributed by atoms with Crippen LogP contribution < -0.4 is 4.57 Å².